The third-order valence-electron chi connectivity index (χ3n) is 3.74. The minimum Gasteiger partial charge on any atom is -0.359 e. The summed E-state index contributed by atoms with van der Waals surface area (Å²) in [7, 11) is 2.10. The molecule has 5 heteroatoms. The second-order valence-corrected chi connectivity index (χ2v) is 5.24. The van der Waals surface area contributed by atoms with Gasteiger partial charge in [0.15, 0.2) is 0 Å². The molecular formula is C13H23N5. The lowest BCUT2D eigenvalue weighted by molar-refractivity contribution is 0.544. The molecule has 1 aromatic heterocycles. The zero-order chi connectivity index (χ0) is 13.1. The Morgan fingerprint density at radius 3 is 2.56 bits per heavy atom. The number of rotatable bonds is 4. The molecule has 1 fully saturated rings. The highest BCUT2D eigenvalue weighted by molar-refractivity contribution is 5.57. The fraction of sp³-hybridized carbons (Fsp3) is 0.692. The summed E-state index contributed by atoms with van der Waals surface area (Å²) >= 11 is 0. The quantitative estimate of drug-likeness (QED) is 0.631. The lowest BCUT2D eigenvalue weighted by atomic mass is 10.1. The summed E-state index contributed by atoms with van der Waals surface area (Å²) in [5.74, 6) is 8.76. The highest BCUT2D eigenvalue weighted by atomic mass is 15.3. The van der Waals surface area contributed by atoms with Crippen LogP contribution in [-0.4, -0.2) is 23.6 Å². The van der Waals surface area contributed by atoms with Gasteiger partial charge in [0.2, 0.25) is 0 Å². The van der Waals surface area contributed by atoms with Crippen LogP contribution in [0.15, 0.2) is 0 Å². The minimum absolute atomic E-state index is 0.718. The summed E-state index contributed by atoms with van der Waals surface area (Å²) in [5, 5.41) is 0. The largest absolute Gasteiger partial charge is 0.359 e. The van der Waals surface area contributed by atoms with E-state index in [0.29, 0.717) is 0 Å². The van der Waals surface area contributed by atoms with Crippen LogP contribution in [0.25, 0.3) is 0 Å². The van der Waals surface area contributed by atoms with E-state index in [4.69, 9.17) is 5.84 Å². The Bertz CT molecular complexity index is 412. The molecular weight excluding hydrogens is 226 g/mol. The Morgan fingerprint density at radius 1 is 1.28 bits per heavy atom. The predicted molar refractivity (Wildman–Crippen MR) is 74.5 cm³/mol. The van der Waals surface area contributed by atoms with Crippen molar-refractivity contribution in [3.63, 3.8) is 0 Å². The Labute approximate surface area is 109 Å². The number of nitrogen functional groups attached to an aromatic ring is 1. The van der Waals surface area contributed by atoms with Crippen LogP contribution in [0, 0.1) is 19.8 Å². The molecule has 2 rings (SSSR count). The van der Waals surface area contributed by atoms with E-state index >= 15 is 0 Å². The molecule has 1 aliphatic carbocycles. The average molecular weight is 249 g/mol. The van der Waals surface area contributed by atoms with Gasteiger partial charge in [0.25, 0.3) is 0 Å². The van der Waals surface area contributed by atoms with Gasteiger partial charge in [-0.15, -0.1) is 0 Å². The fourth-order valence-corrected chi connectivity index (χ4v) is 2.79. The number of hydrogen-bond acceptors (Lipinski definition) is 5. The van der Waals surface area contributed by atoms with Crippen molar-refractivity contribution in [1.82, 2.24) is 9.97 Å². The number of anilines is 2. The number of nitrogens with one attached hydrogen (secondary N) is 1. The molecule has 0 aliphatic heterocycles. The topological polar surface area (TPSA) is 67.1 Å². The van der Waals surface area contributed by atoms with Crippen molar-refractivity contribution in [2.45, 2.75) is 39.5 Å². The van der Waals surface area contributed by atoms with Gasteiger partial charge >= 0.3 is 0 Å². The van der Waals surface area contributed by atoms with Gasteiger partial charge in [-0.05, 0) is 32.6 Å². The van der Waals surface area contributed by atoms with Gasteiger partial charge in [-0.3, -0.25) is 0 Å². The van der Waals surface area contributed by atoms with Gasteiger partial charge in [0.1, 0.15) is 17.5 Å². The minimum atomic E-state index is 0.718. The summed E-state index contributed by atoms with van der Waals surface area (Å²) in [6.45, 7) is 4.98. The molecule has 0 saturated heterocycles. The molecule has 1 aliphatic rings. The van der Waals surface area contributed by atoms with Gasteiger partial charge in [-0.2, -0.15) is 0 Å². The first kappa shape index (κ1) is 13.1. The molecule has 1 aromatic rings. The first-order valence-corrected chi connectivity index (χ1v) is 6.64. The van der Waals surface area contributed by atoms with Gasteiger partial charge in [-0.1, -0.05) is 12.8 Å². The number of aryl methyl sites for hydroxylation is 1. The molecule has 3 N–H and O–H groups in total. The van der Waals surface area contributed by atoms with Crippen LogP contribution >= 0.6 is 0 Å². The molecule has 0 radical (unpaired) electrons. The Morgan fingerprint density at radius 2 is 1.94 bits per heavy atom. The van der Waals surface area contributed by atoms with E-state index in [0.717, 1.165) is 35.5 Å². The van der Waals surface area contributed by atoms with Crippen LogP contribution in [0.2, 0.25) is 0 Å². The van der Waals surface area contributed by atoms with E-state index in [9.17, 15) is 0 Å². The van der Waals surface area contributed by atoms with E-state index in [1.807, 2.05) is 13.8 Å². The molecule has 0 spiro atoms. The normalized spacial score (nSPS) is 16.0. The molecule has 0 atom stereocenters. The Kier molecular flexibility index (Phi) is 4.01. The van der Waals surface area contributed by atoms with Gasteiger partial charge < -0.3 is 10.3 Å². The monoisotopic (exact) mass is 249 g/mol. The second-order valence-electron chi connectivity index (χ2n) is 5.24. The third kappa shape index (κ3) is 2.72. The molecule has 0 amide bonds. The van der Waals surface area contributed by atoms with Gasteiger partial charge in [-0.25, -0.2) is 15.8 Å². The summed E-state index contributed by atoms with van der Waals surface area (Å²) in [6, 6.07) is 0. The van der Waals surface area contributed by atoms with E-state index in [1.54, 1.807) is 0 Å². The summed E-state index contributed by atoms with van der Waals surface area (Å²) in [4.78, 5) is 11.1. The van der Waals surface area contributed by atoms with E-state index < -0.39 is 0 Å². The second kappa shape index (κ2) is 5.52. The maximum atomic E-state index is 5.49. The van der Waals surface area contributed by atoms with Crippen LogP contribution in [0.4, 0.5) is 11.6 Å². The standard InChI is InChI=1S/C13H23N5/c1-9-12(17-14)15-10(2)16-13(9)18(3)8-11-6-4-5-7-11/h11H,4-8,14H2,1-3H3,(H,15,16,17). The number of hydrazine groups is 1. The SMILES string of the molecule is Cc1nc(NN)c(C)c(N(C)CC2CCCC2)n1. The van der Waals surface area contributed by atoms with Crippen molar-refractivity contribution >= 4 is 11.6 Å². The zero-order valence-corrected chi connectivity index (χ0v) is 11.5. The van der Waals surface area contributed by atoms with Crippen molar-refractivity contribution in [3.8, 4) is 0 Å². The number of aromatic nitrogens is 2. The lowest BCUT2D eigenvalue weighted by Crippen LogP contribution is -2.27. The maximum Gasteiger partial charge on any atom is 0.148 e. The molecule has 5 nitrogen and oxygen atoms in total. The molecule has 1 heterocycles. The highest BCUT2D eigenvalue weighted by Crippen LogP contribution is 2.28. The lowest BCUT2D eigenvalue weighted by Gasteiger charge is -2.24. The maximum absolute atomic E-state index is 5.49. The fourth-order valence-electron chi connectivity index (χ4n) is 2.79. The average Bonchev–Trinajstić information content (AvgIpc) is 2.84. The zero-order valence-electron chi connectivity index (χ0n) is 11.5. The van der Waals surface area contributed by atoms with Crippen molar-refractivity contribution < 1.29 is 0 Å². The third-order valence-corrected chi connectivity index (χ3v) is 3.74. The summed E-state index contributed by atoms with van der Waals surface area (Å²) < 4.78 is 0. The predicted octanol–water partition coefficient (Wildman–Crippen LogP) is 2.01. The first-order chi connectivity index (χ1) is 8.61. The van der Waals surface area contributed by atoms with Crippen molar-refractivity contribution in [2.24, 2.45) is 11.8 Å². The molecule has 18 heavy (non-hydrogen) atoms. The smallest absolute Gasteiger partial charge is 0.148 e. The van der Waals surface area contributed by atoms with Crippen LogP contribution < -0.4 is 16.2 Å². The summed E-state index contributed by atoms with van der Waals surface area (Å²) in [5.41, 5.74) is 3.66. The van der Waals surface area contributed by atoms with Crippen molar-refractivity contribution in [1.29, 1.82) is 0 Å². The molecule has 100 valence electrons. The molecule has 0 bridgehead atoms. The van der Waals surface area contributed by atoms with E-state index in [1.165, 1.54) is 25.7 Å². The van der Waals surface area contributed by atoms with Crippen LogP contribution in [0.3, 0.4) is 0 Å². The number of hydrogen-bond donors (Lipinski definition) is 2. The number of nitrogens with zero attached hydrogens (tertiary/aromatic N) is 3. The van der Waals surface area contributed by atoms with E-state index in [2.05, 4.69) is 27.3 Å². The van der Waals surface area contributed by atoms with Crippen LogP contribution in [0.5, 0.6) is 0 Å². The highest BCUT2D eigenvalue weighted by Gasteiger charge is 2.19. The Hall–Kier alpha value is -1.36. The molecule has 0 unspecified atom stereocenters. The Balaban J connectivity index is 2.17. The first-order valence-electron chi connectivity index (χ1n) is 6.64. The molecule has 0 aromatic carbocycles. The molecule has 1 saturated carbocycles. The summed E-state index contributed by atoms with van der Waals surface area (Å²) in [6.07, 6.45) is 5.43. The van der Waals surface area contributed by atoms with Crippen LogP contribution in [-0.2, 0) is 0 Å². The van der Waals surface area contributed by atoms with Crippen molar-refractivity contribution in [2.75, 3.05) is 23.9 Å². The van der Waals surface area contributed by atoms with Gasteiger partial charge in [0, 0.05) is 19.2 Å². The van der Waals surface area contributed by atoms with Crippen LogP contribution in [0.1, 0.15) is 37.1 Å². The number of nitrogens with two attached hydrogens (primary N) is 1. The van der Waals surface area contributed by atoms with Crippen molar-refractivity contribution in [3.05, 3.63) is 11.4 Å². The van der Waals surface area contributed by atoms with Gasteiger partial charge in [0.05, 0.1) is 0 Å². The van der Waals surface area contributed by atoms with E-state index in [-0.39, 0.29) is 0 Å².